The maximum atomic E-state index is 11.0. The fraction of sp³-hybridized carbons (Fsp3) is 0.522. The summed E-state index contributed by atoms with van der Waals surface area (Å²) in [6, 6.07) is 10.3. The lowest BCUT2D eigenvalue weighted by Crippen LogP contribution is -2.31. The van der Waals surface area contributed by atoms with E-state index in [9.17, 15) is 4.79 Å². The SMILES string of the molecule is C[C@H](C=Cc1ccccc1)CC=C[C@H](C)C[C@]1(C)C[C@@](C)(CC(=O)O)OO1. The number of carboxylic acid groups (broad SMARTS) is 1. The first-order chi connectivity index (χ1) is 12.7. The largest absolute Gasteiger partial charge is 0.481 e. The van der Waals surface area contributed by atoms with E-state index in [1.807, 2.05) is 25.1 Å². The number of rotatable bonds is 9. The molecule has 0 bridgehead atoms. The molecule has 1 fully saturated rings. The Morgan fingerprint density at radius 1 is 1.11 bits per heavy atom. The van der Waals surface area contributed by atoms with Gasteiger partial charge in [-0.2, -0.15) is 0 Å². The van der Waals surface area contributed by atoms with Crippen molar-refractivity contribution in [3.8, 4) is 0 Å². The van der Waals surface area contributed by atoms with Gasteiger partial charge in [-0.25, -0.2) is 9.78 Å². The summed E-state index contributed by atoms with van der Waals surface area (Å²) < 4.78 is 0. The number of allylic oxidation sites excluding steroid dienone is 3. The molecule has 1 aliphatic rings. The summed E-state index contributed by atoms with van der Waals surface area (Å²) in [6.07, 6.45) is 11.2. The summed E-state index contributed by atoms with van der Waals surface area (Å²) >= 11 is 0. The average molecular weight is 373 g/mol. The van der Waals surface area contributed by atoms with Crippen molar-refractivity contribution in [2.24, 2.45) is 11.8 Å². The molecule has 0 saturated carbocycles. The summed E-state index contributed by atoms with van der Waals surface area (Å²) in [5.74, 6) is -0.0684. The van der Waals surface area contributed by atoms with Gasteiger partial charge in [0.15, 0.2) is 0 Å². The van der Waals surface area contributed by atoms with Crippen LogP contribution in [0.4, 0.5) is 0 Å². The van der Waals surface area contributed by atoms with Gasteiger partial charge < -0.3 is 5.11 Å². The van der Waals surface area contributed by atoms with E-state index in [1.165, 1.54) is 5.56 Å². The molecule has 0 amide bonds. The zero-order valence-corrected chi connectivity index (χ0v) is 16.9. The predicted molar refractivity (Wildman–Crippen MR) is 108 cm³/mol. The molecule has 4 nitrogen and oxygen atoms in total. The van der Waals surface area contributed by atoms with Crippen LogP contribution in [-0.4, -0.2) is 22.3 Å². The van der Waals surface area contributed by atoms with E-state index in [0.29, 0.717) is 18.3 Å². The molecule has 27 heavy (non-hydrogen) atoms. The maximum Gasteiger partial charge on any atom is 0.306 e. The van der Waals surface area contributed by atoms with Crippen LogP contribution in [0, 0.1) is 11.8 Å². The van der Waals surface area contributed by atoms with E-state index < -0.39 is 17.2 Å². The van der Waals surface area contributed by atoms with Crippen molar-refractivity contribution in [1.29, 1.82) is 0 Å². The van der Waals surface area contributed by atoms with Crippen LogP contribution in [0.25, 0.3) is 6.08 Å². The topological polar surface area (TPSA) is 55.8 Å². The molecule has 0 aliphatic carbocycles. The first-order valence-corrected chi connectivity index (χ1v) is 9.68. The van der Waals surface area contributed by atoms with Crippen LogP contribution in [0.3, 0.4) is 0 Å². The van der Waals surface area contributed by atoms with Gasteiger partial charge in [0.2, 0.25) is 0 Å². The van der Waals surface area contributed by atoms with E-state index in [0.717, 1.165) is 12.8 Å². The third-order valence-electron chi connectivity index (χ3n) is 4.86. The van der Waals surface area contributed by atoms with Crippen molar-refractivity contribution in [3.63, 3.8) is 0 Å². The summed E-state index contributed by atoms with van der Waals surface area (Å²) in [5.41, 5.74) is 0.0190. The van der Waals surface area contributed by atoms with Gasteiger partial charge in [-0.1, -0.05) is 68.5 Å². The number of aliphatic carboxylic acids is 1. The van der Waals surface area contributed by atoms with Crippen LogP contribution in [0.2, 0.25) is 0 Å². The van der Waals surface area contributed by atoms with Crippen LogP contribution in [-0.2, 0) is 14.6 Å². The number of hydrogen-bond acceptors (Lipinski definition) is 3. The standard InChI is InChI=1S/C23H32O4/c1-18(13-14-20-11-6-5-7-12-20)9-8-10-19(2)15-22(3)17-23(4,27-26-22)16-21(24)25/h5-8,10-14,18-19H,9,15-17H2,1-4H3,(H,24,25)/t18-,19-,22+,23+/m0/s1. The molecule has 1 aromatic rings. The van der Waals surface area contributed by atoms with Crippen LogP contribution < -0.4 is 0 Å². The third kappa shape index (κ3) is 7.31. The minimum Gasteiger partial charge on any atom is -0.481 e. The summed E-state index contributed by atoms with van der Waals surface area (Å²) in [7, 11) is 0. The molecule has 0 unspecified atom stereocenters. The normalized spacial score (nSPS) is 28.0. The Morgan fingerprint density at radius 2 is 1.78 bits per heavy atom. The van der Waals surface area contributed by atoms with E-state index in [4.69, 9.17) is 14.9 Å². The molecule has 4 atom stereocenters. The van der Waals surface area contributed by atoms with Crippen LogP contribution in [0.1, 0.15) is 58.9 Å². The first-order valence-electron chi connectivity index (χ1n) is 9.68. The van der Waals surface area contributed by atoms with Crippen LogP contribution >= 0.6 is 0 Å². The van der Waals surface area contributed by atoms with E-state index in [-0.39, 0.29) is 6.42 Å². The molecule has 4 heteroatoms. The molecular weight excluding hydrogens is 340 g/mol. The molecule has 148 valence electrons. The van der Waals surface area contributed by atoms with Crippen molar-refractivity contribution in [1.82, 2.24) is 0 Å². The lowest BCUT2D eigenvalue weighted by atomic mass is 9.83. The number of carbonyl (C=O) groups is 1. The summed E-state index contributed by atoms with van der Waals surface area (Å²) in [4.78, 5) is 21.9. The molecule has 1 heterocycles. The van der Waals surface area contributed by atoms with Crippen molar-refractivity contribution < 1.29 is 19.7 Å². The molecule has 1 aliphatic heterocycles. The Kier molecular flexibility index (Phi) is 7.40. The fourth-order valence-electron chi connectivity index (χ4n) is 3.76. The van der Waals surface area contributed by atoms with Gasteiger partial charge in [0.05, 0.1) is 6.42 Å². The summed E-state index contributed by atoms with van der Waals surface area (Å²) in [6.45, 7) is 8.16. The predicted octanol–water partition coefficient (Wildman–Crippen LogP) is 5.65. The highest BCUT2D eigenvalue weighted by Crippen LogP contribution is 2.41. The quantitative estimate of drug-likeness (QED) is 0.449. The maximum absolute atomic E-state index is 11.0. The Balaban J connectivity index is 1.78. The van der Waals surface area contributed by atoms with Crippen LogP contribution in [0.5, 0.6) is 0 Å². The van der Waals surface area contributed by atoms with Crippen molar-refractivity contribution >= 4 is 12.0 Å². The Hall–Kier alpha value is -1.91. The molecule has 0 spiro atoms. The summed E-state index contributed by atoms with van der Waals surface area (Å²) in [5, 5.41) is 9.02. The first kappa shape index (κ1) is 21.4. The minimum absolute atomic E-state index is 0.0436. The van der Waals surface area contributed by atoms with Crippen molar-refractivity contribution in [3.05, 3.63) is 54.1 Å². The highest BCUT2D eigenvalue weighted by Gasteiger charge is 2.47. The zero-order chi connectivity index (χ0) is 19.9. The highest BCUT2D eigenvalue weighted by atomic mass is 17.2. The Labute approximate surface area is 162 Å². The van der Waals surface area contributed by atoms with Gasteiger partial charge in [0, 0.05) is 6.42 Å². The molecule has 2 rings (SSSR count). The van der Waals surface area contributed by atoms with E-state index in [1.54, 1.807) is 6.92 Å². The minimum atomic E-state index is -0.865. The molecular formula is C23H32O4. The Bertz CT molecular complexity index is 666. The number of carboxylic acids is 1. The van der Waals surface area contributed by atoms with Gasteiger partial charge >= 0.3 is 5.97 Å². The lowest BCUT2D eigenvalue weighted by Gasteiger charge is -2.24. The average Bonchev–Trinajstić information content (AvgIpc) is 2.87. The van der Waals surface area contributed by atoms with Gasteiger partial charge in [-0.05, 0) is 44.1 Å². The van der Waals surface area contributed by atoms with Gasteiger partial charge in [-0.3, -0.25) is 4.79 Å². The van der Waals surface area contributed by atoms with Crippen LogP contribution in [0.15, 0.2) is 48.6 Å². The molecule has 0 aromatic heterocycles. The fourth-order valence-corrected chi connectivity index (χ4v) is 3.76. The Morgan fingerprint density at radius 3 is 2.44 bits per heavy atom. The highest BCUT2D eigenvalue weighted by molar-refractivity contribution is 5.68. The third-order valence-corrected chi connectivity index (χ3v) is 4.86. The monoisotopic (exact) mass is 372 g/mol. The molecule has 1 N–H and O–H groups in total. The molecule has 1 aromatic carbocycles. The second-order valence-corrected chi connectivity index (χ2v) is 8.41. The van der Waals surface area contributed by atoms with E-state index >= 15 is 0 Å². The smallest absolute Gasteiger partial charge is 0.306 e. The molecule has 1 saturated heterocycles. The lowest BCUT2D eigenvalue weighted by molar-refractivity contribution is -0.346. The van der Waals surface area contributed by atoms with Gasteiger partial charge in [-0.15, -0.1) is 0 Å². The second kappa shape index (κ2) is 9.34. The van der Waals surface area contributed by atoms with Crippen molar-refractivity contribution in [2.45, 2.75) is 64.6 Å². The molecule has 0 radical (unpaired) electrons. The van der Waals surface area contributed by atoms with Gasteiger partial charge in [0.1, 0.15) is 11.2 Å². The number of benzene rings is 1. The zero-order valence-electron chi connectivity index (χ0n) is 16.9. The van der Waals surface area contributed by atoms with Crippen molar-refractivity contribution in [2.75, 3.05) is 0 Å². The van der Waals surface area contributed by atoms with Gasteiger partial charge in [0.25, 0.3) is 0 Å². The second-order valence-electron chi connectivity index (χ2n) is 8.41. The van der Waals surface area contributed by atoms with E-state index in [2.05, 4.69) is 50.3 Å². The number of hydrogen-bond donors (Lipinski definition) is 1.